The number of ketones is 1. The van der Waals surface area contributed by atoms with Crippen molar-refractivity contribution in [3.8, 4) is 0 Å². The van der Waals surface area contributed by atoms with E-state index >= 15 is 0 Å². The summed E-state index contributed by atoms with van der Waals surface area (Å²) in [6.07, 6.45) is 3.10. The van der Waals surface area contributed by atoms with Crippen LogP contribution in [0.5, 0.6) is 0 Å². The lowest BCUT2D eigenvalue weighted by molar-refractivity contribution is -0.116. The van der Waals surface area contributed by atoms with Crippen molar-refractivity contribution in [1.29, 1.82) is 0 Å². The lowest BCUT2D eigenvalue weighted by atomic mass is 9.85. The summed E-state index contributed by atoms with van der Waals surface area (Å²) in [7, 11) is 0. The number of anilines is 2. The summed E-state index contributed by atoms with van der Waals surface area (Å²) < 4.78 is 16.4. The van der Waals surface area contributed by atoms with E-state index in [2.05, 4.69) is 15.7 Å². The second-order valence-electron chi connectivity index (χ2n) is 8.00. The highest BCUT2D eigenvalue weighted by Gasteiger charge is 2.39. The zero-order valence-electron chi connectivity index (χ0n) is 17.3. The first kappa shape index (κ1) is 20.5. The number of benzene rings is 2. The number of Topliss-reactive ketones (excluding diaryl/α,β-unsaturated/α-hetero) is 1. The maximum Gasteiger partial charge on any atom is 0.261 e. The van der Waals surface area contributed by atoms with E-state index in [0.29, 0.717) is 47.6 Å². The highest BCUT2D eigenvalue weighted by Crippen LogP contribution is 2.44. The van der Waals surface area contributed by atoms with Crippen LogP contribution in [0.2, 0.25) is 5.02 Å². The van der Waals surface area contributed by atoms with Gasteiger partial charge in [0.2, 0.25) is 0 Å². The molecule has 0 fully saturated rings. The van der Waals surface area contributed by atoms with Crippen molar-refractivity contribution in [3.05, 3.63) is 87.5 Å². The summed E-state index contributed by atoms with van der Waals surface area (Å²) in [5.41, 5.74) is 3.34. The number of aromatic nitrogens is 2. The number of halogens is 2. The third-order valence-electron chi connectivity index (χ3n) is 5.87. The Labute approximate surface area is 189 Å². The van der Waals surface area contributed by atoms with Crippen LogP contribution >= 0.6 is 11.6 Å². The van der Waals surface area contributed by atoms with Gasteiger partial charge in [0.1, 0.15) is 23.2 Å². The van der Waals surface area contributed by atoms with E-state index in [1.807, 2.05) is 31.2 Å². The predicted molar refractivity (Wildman–Crippen MR) is 120 cm³/mol. The number of fused-ring (bicyclic) bond motifs is 1. The molecule has 8 heteroatoms. The van der Waals surface area contributed by atoms with Gasteiger partial charge in [-0.2, -0.15) is 5.10 Å². The standard InChI is InChI=1S/C24H20ClFN4O2/c1-13-8-10-14(11-9-13)28-24(32)15-12-27-30-22(20-16(25)4-2-5-17(20)26)21-18(29-23(15)30)6-3-7-19(21)31/h2,4-5,8-12,22,29H,3,6-7H2,1H3,(H,28,32)/t22-/m1/s1. The molecule has 1 aliphatic heterocycles. The van der Waals surface area contributed by atoms with Gasteiger partial charge in [-0.3, -0.25) is 9.59 Å². The van der Waals surface area contributed by atoms with Crippen molar-refractivity contribution in [2.75, 3.05) is 10.6 Å². The normalized spacial score (nSPS) is 17.5. The van der Waals surface area contributed by atoms with Gasteiger partial charge in [-0.05, 0) is 44.0 Å². The van der Waals surface area contributed by atoms with Gasteiger partial charge in [0.05, 0.1) is 6.20 Å². The first-order chi connectivity index (χ1) is 15.4. The summed E-state index contributed by atoms with van der Waals surface area (Å²) in [5, 5.41) is 10.7. The van der Waals surface area contributed by atoms with Gasteiger partial charge in [-0.25, -0.2) is 9.07 Å². The summed E-state index contributed by atoms with van der Waals surface area (Å²) in [5.74, 6) is -0.545. The fraction of sp³-hybridized carbons (Fsp3) is 0.208. The highest BCUT2D eigenvalue weighted by atomic mass is 35.5. The van der Waals surface area contributed by atoms with Crippen molar-refractivity contribution in [1.82, 2.24) is 9.78 Å². The SMILES string of the molecule is Cc1ccc(NC(=O)c2cnn3c2NC2=C(C(=O)CCC2)[C@H]3c2c(F)cccc2Cl)cc1. The van der Waals surface area contributed by atoms with Gasteiger partial charge >= 0.3 is 0 Å². The molecule has 0 bridgehead atoms. The highest BCUT2D eigenvalue weighted by molar-refractivity contribution is 6.31. The predicted octanol–water partition coefficient (Wildman–Crippen LogP) is 5.26. The lowest BCUT2D eigenvalue weighted by Gasteiger charge is -2.34. The number of aryl methyl sites for hydroxylation is 1. The molecule has 1 aliphatic carbocycles. The van der Waals surface area contributed by atoms with Gasteiger partial charge in [0.15, 0.2) is 5.78 Å². The van der Waals surface area contributed by atoms with E-state index in [0.717, 1.165) is 5.56 Å². The molecule has 32 heavy (non-hydrogen) atoms. The number of hydrogen-bond donors (Lipinski definition) is 2. The zero-order chi connectivity index (χ0) is 22.4. The molecule has 0 unspecified atom stereocenters. The molecule has 6 nitrogen and oxygen atoms in total. The molecule has 162 valence electrons. The lowest BCUT2D eigenvalue weighted by Crippen LogP contribution is -2.32. The third-order valence-corrected chi connectivity index (χ3v) is 6.20. The average molecular weight is 451 g/mol. The van der Waals surface area contributed by atoms with Gasteiger partial charge < -0.3 is 10.6 Å². The van der Waals surface area contributed by atoms with Crippen molar-refractivity contribution >= 4 is 34.8 Å². The zero-order valence-corrected chi connectivity index (χ0v) is 18.0. The fourth-order valence-corrected chi connectivity index (χ4v) is 4.56. The van der Waals surface area contributed by atoms with E-state index < -0.39 is 11.9 Å². The van der Waals surface area contributed by atoms with Crippen LogP contribution in [-0.4, -0.2) is 21.5 Å². The molecule has 0 spiro atoms. The number of nitrogens with zero attached hydrogens (tertiary/aromatic N) is 2. The molecule has 2 aliphatic rings. The first-order valence-corrected chi connectivity index (χ1v) is 10.7. The maximum atomic E-state index is 14.9. The van der Waals surface area contributed by atoms with E-state index in [1.54, 1.807) is 6.07 Å². The van der Waals surface area contributed by atoms with Crippen LogP contribution in [0, 0.1) is 12.7 Å². The van der Waals surface area contributed by atoms with E-state index in [-0.39, 0.29) is 22.3 Å². The quantitative estimate of drug-likeness (QED) is 0.570. The Hall–Kier alpha value is -3.45. The molecule has 2 heterocycles. The van der Waals surface area contributed by atoms with Crippen molar-refractivity contribution < 1.29 is 14.0 Å². The molecule has 0 saturated carbocycles. The Bertz CT molecular complexity index is 1260. The summed E-state index contributed by atoms with van der Waals surface area (Å²) in [6, 6.07) is 11.0. The molecular formula is C24H20ClFN4O2. The van der Waals surface area contributed by atoms with Crippen LogP contribution in [0.25, 0.3) is 0 Å². The number of hydrogen-bond acceptors (Lipinski definition) is 4. The molecule has 2 N–H and O–H groups in total. The van der Waals surface area contributed by atoms with Gasteiger partial charge in [-0.1, -0.05) is 35.4 Å². The Morgan fingerprint density at radius 2 is 2.00 bits per heavy atom. The van der Waals surface area contributed by atoms with Crippen LogP contribution < -0.4 is 10.6 Å². The number of nitrogens with one attached hydrogen (secondary N) is 2. The average Bonchev–Trinajstić information content (AvgIpc) is 3.19. The monoisotopic (exact) mass is 450 g/mol. The van der Waals surface area contributed by atoms with Gasteiger partial charge in [-0.15, -0.1) is 0 Å². The number of carbonyl (C=O) groups is 2. The van der Waals surface area contributed by atoms with Crippen LogP contribution in [0.4, 0.5) is 15.9 Å². The van der Waals surface area contributed by atoms with Crippen LogP contribution in [-0.2, 0) is 4.79 Å². The number of amides is 1. The number of allylic oxidation sites excluding steroid dienone is 2. The molecule has 0 radical (unpaired) electrons. The van der Waals surface area contributed by atoms with Crippen LogP contribution in [0.15, 0.2) is 59.9 Å². The molecule has 1 atom stereocenters. The smallest absolute Gasteiger partial charge is 0.261 e. The Kier molecular flexibility index (Phi) is 5.06. The Morgan fingerprint density at radius 3 is 2.75 bits per heavy atom. The Morgan fingerprint density at radius 1 is 1.22 bits per heavy atom. The van der Waals surface area contributed by atoms with Crippen molar-refractivity contribution in [2.24, 2.45) is 0 Å². The molecule has 1 aromatic heterocycles. The topological polar surface area (TPSA) is 76.0 Å². The summed E-state index contributed by atoms with van der Waals surface area (Å²) in [4.78, 5) is 25.9. The molecular weight excluding hydrogens is 431 g/mol. The van der Waals surface area contributed by atoms with E-state index in [4.69, 9.17) is 11.6 Å². The molecule has 1 amide bonds. The van der Waals surface area contributed by atoms with Crippen molar-refractivity contribution in [3.63, 3.8) is 0 Å². The largest absolute Gasteiger partial charge is 0.343 e. The minimum atomic E-state index is -0.844. The molecule has 0 saturated heterocycles. The summed E-state index contributed by atoms with van der Waals surface area (Å²) in [6.45, 7) is 1.97. The van der Waals surface area contributed by atoms with E-state index in [1.165, 1.54) is 23.0 Å². The minimum Gasteiger partial charge on any atom is -0.343 e. The van der Waals surface area contributed by atoms with Crippen molar-refractivity contribution in [2.45, 2.75) is 32.2 Å². The third kappa shape index (κ3) is 3.39. The number of rotatable bonds is 3. The second-order valence-corrected chi connectivity index (χ2v) is 8.41. The second kappa shape index (κ2) is 7.91. The molecule has 5 rings (SSSR count). The minimum absolute atomic E-state index is 0.0742. The Balaban J connectivity index is 1.61. The fourth-order valence-electron chi connectivity index (χ4n) is 4.30. The maximum absolute atomic E-state index is 14.9. The number of carbonyl (C=O) groups excluding carboxylic acids is 2. The molecule has 2 aromatic carbocycles. The van der Waals surface area contributed by atoms with Crippen LogP contribution in [0.3, 0.4) is 0 Å². The van der Waals surface area contributed by atoms with Gasteiger partial charge in [0.25, 0.3) is 5.91 Å². The van der Waals surface area contributed by atoms with Crippen LogP contribution in [0.1, 0.15) is 46.8 Å². The van der Waals surface area contributed by atoms with Gasteiger partial charge in [0, 0.05) is 34.0 Å². The van der Waals surface area contributed by atoms with E-state index in [9.17, 15) is 14.0 Å². The first-order valence-electron chi connectivity index (χ1n) is 10.4. The summed E-state index contributed by atoms with van der Waals surface area (Å²) >= 11 is 6.38. The molecule has 3 aromatic rings.